The molecule has 1 aliphatic rings. The van der Waals surface area contributed by atoms with Gasteiger partial charge < -0.3 is 4.74 Å². The smallest absolute Gasteiger partial charge is 0.271 e. The molecule has 0 aliphatic carbocycles. The number of nitrogens with one attached hydrogen (secondary N) is 1. The van der Waals surface area contributed by atoms with Crippen molar-refractivity contribution in [1.29, 1.82) is 0 Å². The molecule has 1 unspecified atom stereocenters. The first kappa shape index (κ1) is 23.1. The monoisotopic (exact) mass is 474 g/mol. The predicted molar refractivity (Wildman–Crippen MR) is 144 cm³/mol. The summed E-state index contributed by atoms with van der Waals surface area (Å²) in [6.45, 7) is 0. The molecule has 4 aromatic rings. The number of hydrazone groups is 2. The number of methoxy groups -OCH3 is 1. The lowest BCUT2D eigenvalue weighted by Gasteiger charge is -2.24. The molecule has 6 heteroatoms. The van der Waals surface area contributed by atoms with Crippen LogP contribution < -0.4 is 15.2 Å². The van der Waals surface area contributed by atoms with Crippen molar-refractivity contribution in [1.82, 2.24) is 5.43 Å². The molecule has 36 heavy (non-hydrogen) atoms. The van der Waals surface area contributed by atoms with Crippen LogP contribution in [0.15, 0.2) is 119 Å². The van der Waals surface area contributed by atoms with Gasteiger partial charge in [0.15, 0.2) is 0 Å². The molecule has 6 nitrogen and oxygen atoms in total. The van der Waals surface area contributed by atoms with E-state index in [9.17, 15) is 4.79 Å². The molecule has 1 atom stereocenters. The number of benzene rings is 4. The summed E-state index contributed by atoms with van der Waals surface area (Å²) in [6, 6.07) is 35.7. The van der Waals surface area contributed by atoms with Crippen molar-refractivity contribution in [3.8, 4) is 5.75 Å². The molecule has 4 aromatic carbocycles. The molecule has 0 saturated carbocycles. The van der Waals surface area contributed by atoms with Gasteiger partial charge in [-0.2, -0.15) is 10.2 Å². The Bertz CT molecular complexity index is 1370. The number of anilines is 1. The van der Waals surface area contributed by atoms with Crippen LogP contribution in [0.5, 0.6) is 5.75 Å². The first-order valence-electron chi connectivity index (χ1n) is 11.8. The van der Waals surface area contributed by atoms with Gasteiger partial charge in [0.1, 0.15) is 5.75 Å². The van der Waals surface area contributed by atoms with Crippen molar-refractivity contribution >= 4 is 23.5 Å². The highest BCUT2D eigenvalue weighted by Crippen LogP contribution is 2.36. The number of nitrogens with zero attached hydrogens (tertiary/aromatic N) is 3. The van der Waals surface area contributed by atoms with Crippen molar-refractivity contribution < 1.29 is 9.53 Å². The minimum absolute atomic E-state index is 0.115. The van der Waals surface area contributed by atoms with Crippen LogP contribution in [-0.4, -0.2) is 24.9 Å². The fourth-order valence-corrected chi connectivity index (χ4v) is 4.17. The van der Waals surface area contributed by atoms with Crippen LogP contribution in [0.1, 0.15) is 39.5 Å². The van der Waals surface area contributed by atoms with Gasteiger partial charge in [-0.25, -0.2) is 5.43 Å². The quantitative estimate of drug-likeness (QED) is 0.271. The molecule has 178 valence electrons. The van der Waals surface area contributed by atoms with Gasteiger partial charge in [-0.05, 0) is 53.1 Å². The predicted octanol–water partition coefficient (Wildman–Crippen LogP) is 5.81. The molecule has 0 saturated heterocycles. The number of carbonyl (C=O) groups excluding carboxylic acids is 1. The number of hydrogen-bond donors (Lipinski definition) is 1. The highest BCUT2D eigenvalue weighted by atomic mass is 16.5. The molecule has 0 spiro atoms. The fourth-order valence-electron chi connectivity index (χ4n) is 4.17. The topological polar surface area (TPSA) is 66.3 Å². The summed E-state index contributed by atoms with van der Waals surface area (Å²) >= 11 is 0. The van der Waals surface area contributed by atoms with E-state index in [-0.39, 0.29) is 11.9 Å². The fraction of sp³-hybridized carbons (Fsp3) is 0.100. The van der Waals surface area contributed by atoms with Crippen LogP contribution in [-0.2, 0) is 0 Å². The Hall–Kier alpha value is -4.71. The summed E-state index contributed by atoms with van der Waals surface area (Å²) in [6.07, 6.45) is 2.46. The summed E-state index contributed by atoms with van der Waals surface area (Å²) in [7, 11) is 1.59. The van der Waals surface area contributed by atoms with E-state index in [1.807, 2.05) is 48.5 Å². The molecule has 0 radical (unpaired) electrons. The zero-order valence-corrected chi connectivity index (χ0v) is 19.9. The zero-order valence-electron chi connectivity index (χ0n) is 19.9. The minimum atomic E-state index is -0.281. The molecule has 1 N–H and O–H groups in total. The second-order valence-electron chi connectivity index (χ2n) is 8.41. The maximum Gasteiger partial charge on any atom is 0.271 e. The first-order valence-corrected chi connectivity index (χ1v) is 11.8. The normalized spacial score (nSPS) is 15.1. The number of hydrogen-bond acceptors (Lipinski definition) is 5. The van der Waals surface area contributed by atoms with Crippen molar-refractivity contribution in [2.75, 3.05) is 12.1 Å². The first-order chi connectivity index (χ1) is 17.7. The second-order valence-corrected chi connectivity index (χ2v) is 8.41. The number of ether oxygens (including phenoxy) is 1. The van der Waals surface area contributed by atoms with Gasteiger partial charge in [0, 0.05) is 12.0 Å². The van der Waals surface area contributed by atoms with Crippen LogP contribution in [0.3, 0.4) is 0 Å². The molecule has 5 rings (SSSR count). The number of amides is 1. The van der Waals surface area contributed by atoms with Crippen molar-refractivity contribution in [3.63, 3.8) is 0 Å². The zero-order chi connectivity index (χ0) is 24.7. The Morgan fingerprint density at radius 1 is 0.917 bits per heavy atom. The maximum atomic E-state index is 12.3. The van der Waals surface area contributed by atoms with Gasteiger partial charge in [0.25, 0.3) is 5.91 Å². The van der Waals surface area contributed by atoms with E-state index >= 15 is 0 Å². The number of carbonyl (C=O) groups is 1. The summed E-state index contributed by atoms with van der Waals surface area (Å²) in [5.41, 5.74) is 8.37. The Morgan fingerprint density at radius 2 is 1.58 bits per heavy atom. The van der Waals surface area contributed by atoms with E-state index < -0.39 is 0 Å². The standard InChI is InChI=1S/C30H26N4O2/c1-36-27-18-14-25(15-19-27)30(35)32-31-21-22-12-16-26(17-13-22)34-29(24-10-6-3-7-11-24)20-28(33-34)23-8-4-2-5-9-23/h2-19,21,29H,20H2,1H3,(H,32,35). The Balaban J connectivity index is 1.31. The van der Waals surface area contributed by atoms with E-state index in [1.54, 1.807) is 37.6 Å². The summed E-state index contributed by atoms with van der Waals surface area (Å²) in [5, 5.41) is 11.2. The molecular weight excluding hydrogens is 448 g/mol. The van der Waals surface area contributed by atoms with Crippen LogP contribution in [0.2, 0.25) is 0 Å². The van der Waals surface area contributed by atoms with Crippen molar-refractivity contribution in [3.05, 3.63) is 131 Å². The van der Waals surface area contributed by atoms with E-state index in [0.29, 0.717) is 11.3 Å². The van der Waals surface area contributed by atoms with Crippen LogP contribution in [0, 0.1) is 0 Å². The lowest BCUT2D eigenvalue weighted by atomic mass is 9.98. The van der Waals surface area contributed by atoms with Crippen molar-refractivity contribution in [2.24, 2.45) is 10.2 Å². The average molecular weight is 475 g/mol. The van der Waals surface area contributed by atoms with Crippen LogP contribution in [0.25, 0.3) is 0 Å². The lowest BCUT2D eigenvalue weighted by molar-refractivity contribution is 0.0955. The summed E-state index contributed by atoms with van der Waals surface area (Å²) in [4.78, 5) is 12.3. The Kier molecular flexibility index (Phi) is 6.85. The van der Waals surface area contributed by atoms with Crippen LogP contribution >= 0.6 is 0 Å². The SMILES string of the molecule is COc1ccc(C(=O)NN=Cc2ccc(N3N=C(c4ccccc4)CC3c3ccccc3)cc2)cc1. The lowest BCUT2D eigenvalue weighted by Crippen LogP contribution is -2.18. The number of rotatable bonds is 7. The average Bonchev–Trinajstić information content (AvgIpc) is 3.40. The second kappa shape index (κ2) is 10.7. The maximum absolute atomic E-state index is 12.3. The van der Waals surface area contributed by atoms with E-state index in [1.165, 1.54) is 5.56 Å². The molecule has 1 amide bonds. The molecule has 0 fully saturated rings. The molecule has 0 aromatic heterocycles. The summed E-state index contributed by atoms with van der Waals surface area (Å²) < 4.78 is 5.12. The van der Waals surface area contributed by atoms with Crippen LogP contribution in [0.4, 0.5) is 5.69 Å². The third-order valence-corrected chi connectivity index (χ3v) is 6.09. The largest absolute Gasteiger partial charge is 0.497 e. The molecule has 1 heterocycles. The van der Waals surface area contributed by atoms with E-state index in [0.717, 1.165) is 28.9 Å². The van der Waals surface area contributed by atoms with Crippen molar-refractivity contribution in [2.45, 2.75) is 12.5 Å². The van der Waals surface area contributed by atoms with Gasteiger partial charge >= 0.3 is 0 Å². The third-order valence-electron chi connectivity index (χ3n) is 6.09. The van der Waals surface area contributed by atoms with E-state index in [2.05, 4.69) is 51.9 Å². The van der Waals surface area contributed by atoms with Gasteiger partial charge in [0.2, 0.25) is 0 Å². The van der Waals surface area contributed by atoms with Gasteiger partial charge in [-0.15, -0.1) is 0 Å². The highest BCUT2D eigenvalue weighted by molar-refractivity contribution is 6.03. The third kappa shape index (κ3) is 5.18. The Morgan fingerprint density at radius 3 is 2.25 bits per heavy atom. The van der Waals surface area contributed by atoms with Gasteiger partial charge in [-0.3, -0.25) is 9.80 Å². The molecule has 0 bridgehead atoms. The van der Waals surface area contributed by atoms with E-state index in [4.69, 9.17) is 9.84 Å². The molecule has 1 aliphatic heterocycles. The summed E-state index contributed by atoms with van der Waals surface area (Å²) in [5.74, 6) is 0.416. The van der Waals surface area contributed by atoms with Gasteiger partial charge in [0.05, 0.1) is 30.8 Å². The minimum Gasteiger partial charge on any atom is -0.497 e. The highest BCUT2D eigenvalue weighted by Gasteiger charge is 2.29. The van der Waals surface area contributed by atoms with Gasteiger partial charge in [-0.1, -0.05) is 72.8 Å². The Labute approximate surface area is 210 Å². The molecular formula is C30H26N4O2.